The van der Waals surface area contributed by atoms with E-state index in [4.69, 9.17) is 11.5 Å². The van der Waals surface area contributed by atoms with Gasteiger partial charge >= 0.3 is 0 Å². The Hall–Kier alpha value is -1.00. The maximum Gasteiger partial charge on any atom is 0.0654 e. The molecule has 0 unspecified atom stereocenters. The van der Waals surface area contributed by atoms with Gasteiger partial charge in [0, 0.05) is 6.42 Å². The van der Waals surface area contributed by atoms with Crippen LogP contribution in [-0.4, -0.2) is 11.7 Å². The van der Waals surface area contributed by atoms with Crippen molar-refractivity contribution in [1.82, 2.24) is 0 Å². The molecule has 0 spiro atoms. The van der Waals surface area contributed by atoms with Crippen molar-refractivity contribution in [3.63, 3.8) is 0 Å². The summed E-state index contributed by atoms with van der Waals surface area (Å²) in [6, 6.07) is 0. The van der Waals surface area contributed by atoms with Crippen LogP contribution < -0.4 is 0 Å². The lowest BCUT2D eigenvalue weighted by Gasteiger charge is -1.96. The summed E-state index contributed by atoms with van der Waals surface area (Å²) in [6.45, 7) is 9.56. The Bertz CT molecular complexity index is 182. The second kappa shape index (κ2) is 10.0. The van der Waals surface area contributed by atoms with Crippen molar-refractivity contribution in [2.75, 3.05) is 6.61 Å². The lowest BCUT2D eigenvalue weighted by Crippen LogP contribution is -1.88. The van der Waals surface area contributed by atoms with E-state index in [2.05, 4.69) is 12.5 Å². The number of aliphatic hydroxyl groups is 1. The summed E-state index contributed by atoms with van der Waals surface area (Å²) in [5.41, 5.74) is 1.76. The average molecular weight is 166 g/mol. The number of allylic oxidation sites excluding steroid dienone is 2. The minimum atomic E-state index is 0.0249. The van der Waals surface area contributed by atoms with Crippen LogP contribution in [0.5, 0.6) is 0 Å². The summed E-state index contributed by atoms with van der Waals surface area (Å²) < 4.78 is 0. The molecule has 1 nitrogen and oxygen atoms in total. The van der Waals surface area contributed by atoms with Crippen molar-refractivity contribution < 1.29 is 5.11 Å². The van der Waals surface area contributed by atoms with Crippen LogP contribution in [0.4, 0.5) is 0 Å². The van der Waals surface area contributed by atoms with Crippen LogP contribution in [0, 0.1) is 12.3 Å². The Morgan fingerprint density at radius 2 is 2.08 bits per heavy atom. The first kappa shape index (κ1) is 13.6. The second-order valence-electron chi connectivity index (χ2n) is 2.19. The highest BCUT2D eigenvalue weighted by atomic mass is 16.3. The van der Waals surface area contributed by atoms with Gasteiger partial charge in [0.1, 0.15) is 0 Å². The quantitative estimate of drug-likeness (QED) is 0.504. The van der Waals surface area contributed by atoms with Gasteiger partial charge in [0.15, 0.2) is 0 Å². The van der Waals surface area contributed by atoms with Crippen LogP contribution in [-0.2, 0) is 0 Å². The fraction of sp³-hybridized carbons (Fsp3) is 0.455. The van der Waals surface area contributed by atoms with Crippen molar-refractivity contribution in [3.8, 4) is 12.3 Å². The lowest BCUT2D eigenvalue weighted by molar-refractivity contribution is 0.329. The summed E-state index contributed by atoms with van der Waals surface area (Å²) in [6.07, 6.45) is 7.36. The molecule has 1 N–H and O–H groups in total. The van der Waals surface area contributed by atoms with Crippen molar-refractivity contribution in [1.29, 1.82) is 0 Å². The molecule has 0 amide bonds. The lowest BCUT2D eigenvalue weighted by atomic mass is 10.1. The third-order valence-electron chi connectivity index (χ3n) is 0.983. The van der Waals surface area contributed by atoms with Crippen molar-refractivity contribution in [3.05, 3.63) is 23.8 Å². The van der Waals surface area contributed by atoms with Crippen LogP contribution >= 0.6 is 0 Å². The average Bonchev–Trinajstić information content (AvgIpc) is 2.07. The number of hydrogen-bond acceptors (Lipinski definition) is 1. The zero-order chi connectivity index (χ0) is 9.98. The Labute approximate surface area is 75.8 Å². The standard InChI is InChI=1S/C9H12O.C2H6/c1-4-5-9(7-10)6-8(2)3;1-2/h1,6,10H,2,5,7H2,3H3;1-2H3/b9-6+;. The second-order valence-corrected chi connectivity index (χ2v) is 2.19. The molecule has 0 heterocycles. The van der Waals surface area contributed by atoms with Crippen molar-refractivity contribution in [2.45, 2.75) is 27.2 Å². The molecule has 12 heavy (non-hydrogen) atoms. The first-order valence-electron chi connectivity index (χ1n) is 4.10. The molecule has 0 aliphatic heterocycles. The highest BCUT2D eigenvalue weighted by Gasteiger charge is 1.90. The summed E-state index contributed by atoms with van der Waals surface area (Å²) in [5.74, 6) is 2.45. The van der Waals surface area contributed by atoms with E-state index in [1.807, 2.05) is 20.8 Å². The fourth-order valence-electron chi connectivity index (χ4n) is 0.632. The summed E-state index contributed by atoms with van der Waals surface area (Å²) in [4.78, 5) is 0. The first-order chi connectivity index (χ1) is 5.70. The monoisotopic (exact) mass is 166 g/mol. The van der Waals surface area contributed by atoms with Crippen molar-refractivity contribution >= 4 is 0 Å². The van der Waals surface area contributed by atoms with E-state index < -0.39 is 0 Å². The highest BCUT2D eigenvalue weighted by Crippen LogP contribution is 2.02. The van der Waals surface area contributed by atoms with Gasteiger partial charge in [-0.15, -0.1) is 12.3 Å². The van der Waals surface area contributed by atoms with Gasteiger partial charge < -0.3 is 5.11 Å². The molecule has 0 fully saturated rings. The molecule has 0 rings (SSSR count). The predicted molar refractivity (Wildman–Crippen MR) is 54.8 cm³/mol. The van der Waals surface area contributed by atoms with Gasteiger partial charge in [0.05, 0.1) is 6.61 Å². The highest BCUT2D eigenvalue weighted by molar-refractivity contribution is 5.22. The molecule has 0 atom stereocenters. The number of hydrogen-bond donors (Lipinski definition) is 1. The topological polar surface area (TPSA) is 20.2 Å². The Morgan fingerprint density at radius 1 is 1.58 bits per heavy atom. The third-order valence-corrected chi connectivity index (χ3v) is 0.983. The van der Waals surface area contributed by atoms with Gasteiger partial charge in [-0.2, -0.15) is 0 Å². The van der Waals surface area contributed by atoms with Gasteiger partial charge in [0.25, 0.3) is 0 Å². The molecule has 68 valence electrons. The van der Waals surface area contributed by atoms with Crippen LogP contribution in [0.3, 0.4) is 0 Å². The largest absolute Gasteiger partial charge is 0.392 e. The van der Waals surface area contributed by atoms with E-state index in [9.17, 15) is 0 Å². The number of aliphatic hydroxyl groups excluding tert-OH is 1. The van der Waals surface area contributed by atoms with Crippen LogP contribution in [0.2, 0.25) is 0 Å². The maximum absolute atomic E-state index is 8.70. The van der Waals surface area contributed by atoms with E-state index in [0.717, 1.165) is 11.1 Å². The molecule has 0 aliphatic rings. The zero-order valence-corrected chi connectivity index (χ0v) is 8.22. The minimum absolute atomic E-state index is 0.0249. The predicted octanol–water partition coefficient (Wildman–Crippen LogP) is 2.53. The fourth-order valence-corrected chi connectivity index (χ4v) is 0.632. The molecule has 0 saturated heterocycles. The molecule has 0 bridgehead atoms. The van der Waals surface area contributed by atoms with Gasteiger partial charge in [0.2, 0.25) is 0 Å². The van der Waals surface area contributed by atoms with Gasteiger partial charge in [-0.25, -0.2) is 0 Å². The van der Waals surface area contributed by atoms with E-state index in [-0.39, 0.29) is 6.61 Å². The van der Waals surface area contributed by atoms with Gasteiger partial charge in [-0.3, -0.25) is 0 Å². The van der Waals surface area contributed by atoms with Crippen molar-refractivity contribution in [2.24, 2.45) is 0 Å². The molecule has 0 aromatic heterocycles. The summed E-state index contributed by atoms with van der Waals surface area (Å²) in [7, 11) is 0. The third kappa shape index (κ3) is 9.00. The van der Waals surface area contributed by atoms with Crippen LogP contribution in [0.1, 0.15) is 27.2 Å². The Kier molecular flexibility index (Phi) is 11.3. The summed E-state index contributed by atoms with van der Waals surface area (Å²) >= 11 is 0. The van der Waals surface area contributed by atoms with Gasteiger partial charge in [-0.05, 0) is 12.5 Å². The molecule has 0 aromatic rings. The smallest absolute Gasteiger partial charge is 0.0654 e. The number of terminal acetylenes is 1. The SMILES string of the molecule is C#CC/C(=C\C(=C)C)CO.CC. The Balaban J connectivity index is 0. The van der Waals surface area contributed by atoms with Crippen LogP contribution in [0.15, 0.2) is 23.8 Å². The van der Waals surface area contributed by atoms with Gasteiger partial charge in [-0.1, -0.05) is 32.1 Å². The van der Waals surface area contributed by atoms with E-state index in [1.165, 1.54) is 0 Å². The number of rotatable bonds is 3. The first-order valence-corrected chi connectivity index (χ1v) is 4.10. The van der Waals surface area contributed by atoms with E-state index in [0.29, 0.717) is 6.42 Å². The molecule has 1 heteroatoms. The minimum Gasteiger partial charge on any atom is -0.392 e. The van der Waals surface area contributed by atoms with E-state index >= 15 is 0 Å². The molecule has 0 aromatic carbocycles. The Morgan fingerprint density at radius 3 is 2.33 bits per heavy atom. The molecule has 0 radical (unpaired) electrons. The zero-order valence-electron chi connectivity index (χ0n) is 8.22. The summed E-state index contributed by atoms with van der Waals surface area (Å²) in [5, 5.41) is 8.70. The van der Waals surface area contributed by atoms with Crippen LogP contribution in [0.25, 0.3) is 0 Å². The molecular formula is C11H18O. The normalized spacial score (nSPS) is 9.42. The maximum atomic E-state index is 8.70. The molecule has 0 aliphatic carbocycles. The van der Waals surface area contributed by atoms with E-state index in [1.54, 1.807) is 6.08 Å². The molecular weight excluding hydrogens is 148 g/mol. The molecule has 0 saturated carbocycles.